The minimum Gasteiger partial charge on any atom is -0.493 e. The number of aromatic nitrogens is 2. The van der Waals surface area contributed by atoms with E-state index in [1.165, 1.54) is 11.3 Å². The summed E-state index contributed by atoms with van der Waals surface area (Å²) < 4.78 is 5.58. The van der Waals surface area contributed by atoms with Gasteiger partial charge in [0.25, 0.3) is 5.91 Å². The van der Waals surface area contributed by atoms with Gasteiger partial charge in [-0.2, -0.15) is 0 Å². The molecule has 0 saturated heterocycles. The average Bonchev–Trinajstić information content (AvgIpc) is 2.97. The number of ether oxygens (including phenoxy) is 1. The number of fused-ring (bicyclic) bond motifs is 1. The molecule has 20 heavy (non-hydrogen) atoms. The Morgan fingerprint density at radius 3 is 3.05 bits per heavy atom. The van der Waals surface area contributed by atoms with Crippen molar-refractivity contribution in [3.63, 3.8) is 0 Å². The van der Waals surface area contributed by atoms with Gasteiger partial charge in [0.1, 0.15) is 5.75 Å². The molecule has 0 radical (unpaired) electrons. The van der Waals surface area contributed by atoms with Gasteiger partial charge in [0, 0.05) is 19.0 Å². The fourth-order valence-electron chi connectivity index (χ4n) is 2.13. The van der Waals surface area contributed by atoms with Gasteiger partial charge in [-0.3, -0.25) is 4.79 Å². The SMILES string of the molecule is CNc1nnc(C(=O)NC2CCOc3ccccc32)s1. The Labute approximate surface area is 120 Å². The lowest BCUT2D eigenvalue weighted by Crippen LogP contribution is -2.32. The Morgan fingerprint density at radius 2 is 2.25 bits per heavy atom. The van der Waals surface area contributed by atoms with Crippen LogP contribution in [0.15, 0.2) is 24.3 Å². The number of rotatable bonds is 3. The van der Waals surface area contributed by atoms with Gasteiger partial charge in [0.15, 0.2) is 0 Å². The molecule has 0 fully saturated rings. The number of carbonyl (C=O) groups is 1. The van der Waals surface area contributed by atoms with Crippen LogP contribution in [-0.4, -0.2) is 29.8 Å². The Morgan fingerprint density at radius 1 is 1.40 bits per heavy atom. The molecule has 1 aliphatic rings. The highest BCUT2D eigenvalue weighted by Crippen LogP contribution is 2.31. The van der Waals surface area contributed by atoms with Crippen molar-refractivity contribution in [1.82, 2.24) is 15.5 Å². The zero-order chi connectivity index (χ0) is 13.9. The van der Waals surface area contributed by atoms with Crippen LogP contribution in [0.2, 0.25) is 0 Å². The van der Waals surface area contributed by atoms with E-state index < -0.39 is 0 Å². The first kappa shape index (κ1) is 12.9. The van der Waals surface area contributed by atoms with Crippen molar-refractivity contribution in [3.8, 4) is 5.75 Å². The molecule has 7 heteroatoms. The molecule has 0 bridgehead atoms. The quantitative estimate of drug-likeness (QED) is 0.902. The molecule has 0 aliphatic carbocycles. The minimum atomic E-state index is -0.203. The number of carbonyl (C=O) groups excluding carboxylic acids is 1. The standard InChI is InChI=1S/C13H14N4O2S/c1-14-13-17-16-12(20-13)11(18)15-9-6-7-19-10-5-3-2-4-8(9)10/h2-5,9H,6-7H2,1H3,(H,14,17)(H,15,18). The van der Waals surface area contributed by atoms with E-state index >= 15 is 0 Å². The molecule has 1 aliphatic heterocycles. The molecule has 1 aromatic heterocycles. The monoisotopic (exact) mass is 290 g/mol. The van der Waals surface area contributed by atoms with Crippen molar-refractivity contribution in [2.75, 3.05) is 19.0 Å². The van der Waals surface area contributed by atoms with Gasteiger partial charge in [-0.25, -0.2) is 0 Å². The van der Waals surface area contributed by atoms with Crippen molar-refractivity contribution in [2.24, 2.45) is 0 Å². The zero-order valence-electron chi connectivity index (χ0n) is 10.9. The van der Waals surface area contributed by atoms with Gasteiger partial charge < -0.3 is 15.4 Å². The fraction of sp³-hybridized carbons (Fsp3) is 0.308. The van der Waals surface area contributed by atoms with Crippen LogP contribution in [0.5, 0.6) is 5.75 Å². The second kappa shape index (κ2) is 5.46. The second-order valence-electron chi connectivity index (χ2n) is 4.36. The number of amides is 1. The van der Waals surface area contributed by atoms with Gasteiger partial charge in [-0.05, 0) is 6.07 Å². The summed E-state index contributed by atoms with van der Waals surface area (Å²) in [4.78, 5) is 12.2. The Hall–Kier alpha value is -2.15. The fourth-order valence-corrected chi connectivity index (χ4v) is 2.73. The van der Waals surface area contributed by atoms with Gasteiger partial charge in [0.05, 0.1) is 12.6 Å². The number of benzene rings is 1. The lowest BCUT2D eigenvalue weighted by molar-refractivity contribution is 0.0923. The van der Waals surface area contributed by atoms with Crippen LogP contribution in [0.3, 0.4) is 0 Å². The predicted molar refractivity (Wildman–Crippen MR) is 76.2 cm³/mol. The first-order valence-electron chi connectivity index (χ1n) is 6.32. The van der Waals surface area contributed by atoms with Gasteiger partial charge in [0.2, 0.25) is 10.1 Å². The average molecular weight is 290 g/mol. The summed E-state index contributed by atoms with van der Waals surface area (Å²) in [5, 5.41) is 14.6. The highest BCUT2D eigenvalue weighted by Gasteiger charge is 2.24. The van der Waals surface area contributed by atoms with Gasteiger partial charge in [-0.15, -0.1) is 10.2 Å². The van der Waals surface area contributed by atoms with Gasteiger partial charge in [-0.1, -0.05) is 29.5 Å². The summed E-state index contributed by atoms with van der Waals surface area (Å²) >= 11 is 1.23. The van der Waals surface area contributed by atoms with Crippen molar-refractivity contribution in [2.45, 2.75) is 12.5 Å². The molecular formula is C13H14N4O2S. The van der Waals surface area contributed by atoms with Crippen LogP contribution in [0.25, 0.3) is 0 Å². The molecule has 1 atom stereocenters. The molecule has 1 unspecified atom stereocenters. The molecule has 0 saturated carbocycles. The third-order valence-corrected chi connectivity index (χ3v) is 4.04. The van der Waals surface area contributed by atoms with Crippen LogP contribution in [0.1, 0.15) is 27.8 Å². The normalized spacial score (nSPS) is 16.9. The first-order valence-corrected chi connectivity index (χ1v) is 7.13. The molecular weight excluding hydrogens is 276 g/mol. The first-order chi connectivity index (χ1) is 9.78. The van der Waals surface area contributed by atoms with Crippen LogP contribution >= 0.6 is 11.3 Å². The molecule has 2 aromatic rings. The van der Waals surface area contributed by atoms with Gasteiger partial charge >= 0.3 is 0 Å². The Balaban J connectivity index is 1.77. The van der Waals surface area contributed by atoms with E-state index in [-0.39, 0.29) is 11.9 Å². The summed E-state index contributed by atoms with van der Waals surface area (Å²) in [6.45, 7) is 0.597. The number of hydrogen-bond acceptors (Lipinski definition) is 6. The van der Waals surface area contributed by atoms with E-state index in [9.17, 15) is 4.79 Å². The van der Waals surface area contributed by atoms with Crippen molar-refractivity contribution in [1.29, 1.82) is 0 Å². The predicted octanol–water partition coefficient (Wildman–Crippen LogP) is 1.83. The molecule has 3 rings (SSSR count). The van der Waals surface area contributed by atoms with E-state index in [2.05, 4.69) is 20.8 Å². The van der Waals surface area contributed by atoms with Crippen LogP contribution in [0, 0.1) is 0 Å². The van der Waals surface area contributed by atoms with Crippen molar-refractivity contribution in [3.05, 3.63) is 34.8 Å². The third kappa shape index (κ3) is 2.44. The molecule has 1 amide bonds. The van der Waals surface area contributed by atoms with E-state index in [1.54, 1.807) is 7.05 Å². The largest absolute Gasteiger partial charge is 0.493 e. The van der Waals surface area contributed by atoms with Crippen LogP contribution < -0.4 is 15.4 Å². The third-order valence-electron chi connectivity index (χ3n) is 3.10. The highest BCUT2D eigenvalue weighted by atomic mass is 32.1. The van der Waals surface area contributed by atoms with Crippen molar-refractivity contribution < 1.29 is 9.53 Å². The zero-order valence-corrected chi connectivity index (χ0v) is 11.7. The molecule has 0 spiro atoms. The van der Waals surface area contributed by atoms with E-state index in [4.69, 9.17) is 4.74 Å². The Bertz CT molecular complexity index is 628. The smallest absolute Gasteiger partial charge is 0.282 e. The van der Waals surface area contributed by atoms with Crippen LogP contribution in [-0.2, 0) is 0 Å². The molecule has 1 aromatic carbocycles. The maximum atomic E-state index is 12.2. The second-order valence-corrected chi connectivity index (χ2v) is 5.34. The lowest BCUT2D eigenvalue weighted by atomic mass is 10.0. The Kier molecular flexibility index (Phi) is 3.51. The lowest BCUT2D eigenvalue weighted by Gasteiger charge is -2.26. The van der Waals surface area contributed by atoms with Crippen LogP contribution in [0.4, 0.5) is 5.13 Å². The van der Waals surface area contributed by atoms with E-state index in [1.807, 2.05) is 24.3 Å². The molecule has 104 valence electrons. The summed E-state index contributed by atoms with van der Waals surface area (Å²) in [5.41, 5.74) is 1.01. The number of nitrogens with one attached hydrogen (secondary N) is 2. The molecule has 2 N–H and O–H groups in total. The van der Waals surface area contributed by atoms with Crippen molar-refractivity contribution >= 4 is 22.4 Å². The summed E-state index contributed by atoms with van der Waals surface area (Å²) in [6, 6.07) is 7.70. The van der Waals surface area contributed by atoms with E-state index in [0.717, 1.165) is 17.7 Å². The molecule has 2 heterocycles. The molecule has 6 nitrogen and oxygen atoms in total. The highest BCUT2D eigenvalue weighted by molar-refractivity contribution is 7.17. The number of anilines is 1. The topological polar surface area (TPSA) is 76.1 Å². The maximum absolute atomic E-state index is 12.2. The number of para-hydroxylation sites is 1. The number of hydrogen-bond donors (Lipinski definition) is 2. The number of nitrogens with zero attached hydrogens (tertiary/aromatic N) is 2. The summed E-state index contributed by atoms with van der Waals surface area (Å²) in [6.07, 6.45) is 0.750. The van der Waals surface area contributed by atoms with E-state index in [0.29, 0.717) is 16.7 Å². The summed E-state index contributed by atoms with van der Waals surface area (Å²) in [5.74, 6) is 0.628. The minimum absolute atomic E-state index is 0.0469. The summed E-state index contributed by atoms with van der Waals surface area (Å²) in [7, 11) is 1.75. The maximum Gasteiger partial charge on any atom is 0.282 e.